The van der Waals surface area contributed by atoms with Gasteiger partial charge in [0, 0.05) is 18.8 Å². The second-order valence-electron chi connectivity index (χ2n) is 6.39. The lowest BCUT2D eigenvalue weighted by Gasteiger charge is -2.26. The van der Waals surface area contributed by atoms with E-state index in [1.54, 1.807) is 17.9 Å². The highest BCUT2D eigenvalue weighted by Crippen LogP contribution is 2.34. The van der Waals surface area contributed by atoms with Crippen LogP contribution in [0.4, 0.5) is 24.8 Å². The molecule has 0 spiro atoms. The molecule has 1 saturated heterocycles. The van der Waals surface area contributed by atoms with Gasteiger partial charge in [-0.3, -0.25) is 4.79 Å². The molecule has 0 aliphatic carbocycles. The Morgan fingerprint density at radius 2 is 1.85 bits per heavy atom. The number of amides is 1. The van der Waals surface area contributed by atoms with Gasteiger partial charge in [-0.1, -0.05) is 11.6 Å². The monoisotopic (exact) mass is 398 g/mol. The van der Waals surface area contributed by atoms with E-state index in [0.29, 0.717) is 18.8 Å². The number of halogens is 4. The van der Waals surface area contributed by atoms with Gasteiger partial charge in [0.1, 0.15) is 5.69 Å². The minimum Gasteiger partial charge on any atom is -0.337 e. The Morgan fingerprint density at radius 1 is 1.15 bits per heavy atom. The molecular weight excluding hydrogens is 381 g/mol. The maximum atomic E-state index is 12.9. The first kappa shape index (κ1) is 19.4. The van der Waals surface area contributed by atoms with Crippen molar-refractivity contribution in [1.29, 1.82) is 0 Å². The molecule has 144 valence electrons. The van der Waals surface area contributed by atoms with Crippen molar-refractivity contribution in [1.82, 2.24) is 14.9 Å². The Labute approximate surface area is 159 Å². The van der Waals surface area contributed by atoms with E-state index in [1.165, 1.54) is 0 Å². The first-order valence-electron chi connectivity index (χ1n) is 8.53. The summed E-state index contributed by atoms with van der Waals surface area (Å²) >= 11 is 6.00. The molecule has 1 amide bonds. The first-order chi connectivity index (χ1) is 12.7. The van der Waals surface area contributed by atoms with E-state index in [-0.39, 0.29) is 28.3 Å². The van der Waals surface area contributed by atoms with Gasteiger partial charge in [0.15, 0.2) is 0 Å². The molecule has 1 aromatic carbocycles. The average molecular weight is 399 g/mol. The fraction of sp³-hybridized carbons (Fsp3) is 0.389. The van der Waals surface area contributed by atoms with Crippen LogP contribution in [0.3, 0.4) is 0 Å². The lowest BCUT2D eigenvalue weighted by molar-refractivity contribution is -0.137. The van der Waals surface area contributed by atoms with Crippen molar-refractivity contribution in [3.63, 3.8) is 0 Å². The maximum absolute atomic E-state index is 12.9. The van der Waals surface area contributed by atoms with Crippen LogP contribution in [0.1, 0.15) is 41.0 Å². The molecule has 2 heterocycles. The van der Waals surface area contributed by atoms with Crippen molar-refractivity contribution >= 4 is 29.1 Å². The molecule has 0 unspecified atom stereocenters. The zero-order chi connectivity index (χ0) is 19.6. The predicted octanol–water partition coefficient (Wildman–Crippen LogP) is 4.83. The summed E-state index contributed by atoms with van der Waals surface area (Å²) in [6.45, 7) is 3.03. The van der Waals surface area contributed by atoms with Gasteiger partial charge in [0.25, 0.3) is 5.91 Å². The third-order valence-corrected chi connectivity index (χ3v) is 4.59. The summed E-state index contributed by atoms with van der Waals surface area (Å²) < 4.78 is 38.8. The molecule has 1 aliphatic rings. The van der Waals surface area contributed by atoms with Crippen LogP contribution in [0.2, 0.25) is 5.02 Å². The number of aromatic nitrogens is 2. The van der Waals surface area contributed by atoms with Gasteiger partial charge in [-0.25, -0.2) is 9.97 Å². The lowest BCUT2D eigenvalue weighted by Crippen LogP contribution is -2.36. The fourth-order valence-electron chi connectivity index (χ4n) is 2.91. The topological polar surface area (TPSA) is 58.1 Å². The van der Waals surface area contributed by atoms with Gasteiger partial charge < -0.3 is 10.2 Å². The van der Waals surface area contributed by atoms with Crippen molar-refractivity contribution in [2.24, 2.45) is 0 Å². The second kappa shape index (κ2) is 7.72. The number of anilines is 2. The van der Waals surface area contributed by atoms with Crippen molar-refractivity contribution in [2.75, 3.05) is 18.4 Å². The van der Waals surface area contributed by atoms with E-state index in [1.807, 2.05) is 0 Å². The smallest absolute Gasteiger partial charge is 0.337 e. The lowest BCUT2D eigenvalue weighted by atomic mass is 10.1. The molecular formula is C18H18ClF3N4O. The first-order valence-corrected chi connectivity index (χ1v) is 8.90. The maximum Gasteiger partial charge on any atom is 0.416 e. The van der Waals surface area contributed by atoms with Gasteiger partial charge in [-0.05, 0) is 50.5 Å². The highest BCUT2D eigenvalue weighted by Gasteiger charge is 2.31. The Hall–Kier alpha value is -2.35. The number of piperidine rings is 1. The number of carbonyl (C=O) groups is 1. The highest BCUT2D eigenvalue weighted by molar-refractivity contribution is 6.33. The quantitative estimate of drug-likeness (QED) is 0.804. The molecule has 1 fully saturated rings. The Balaban J connectivity index is 1.88. The zero-order valence-corrected chi connectivity index (χ0v) is 15.4. The standard InChI is InChI=1S/C18H18ClF3N4O/c1-11-9-15(16(27)26-7-3-2-4-8-26)25-17(23-11)24-14-10-12(18(20,21)22)5-6-13(14)19/h5-6,9-10H,2-4,7-8H2,1H3,(H,23,24,25). The normalized spacial score (nSPS) is 14.9. The summed E-state index contributed by atoms with van der Waals surface area (Å²) in [6, 6.07) is 4.51. The molecule has 2 aromatic rings. The van der Waals surface area contributed by atoms with Crippen LogP contribution in [0.15, 0.2) is 24.3 Å². The minimum absolute atomic E-state index is 0.0217. The number of nitrogens with one attached hydrogen (secondary N) is 1. The number of benzene rings is 1. The van der Waals surface area contributed by atoms with Crippen molar-refractivity contribution in [3.05, 3.63) is 46.2 Å². The van der Waals surface area contributed by atoms with Crippen molar-refractivity contribution in [3.8, 4) is 0 Å². The largest absolute Gasteiger partial charge is 0.416 e. The summed E-state index contributed by atoms with van der Waals surface area (Å²) in [5, 5.41) is 2.79. The number of carbonyl (C=O) groups excluding carboxylic acids is 1. The molecule has 0 radical (unpaired) electrons. The zero-order valence-electron chi connectivity index (χ0n) is 14.6. The molecule has 1 N–H and O–H groups in total. The van der Waals surface area contributed by atoms with E-state index in [0.717, 1.165) is 37.5 Å². The number of hydrogen-bond donors (Lipinski definition) is 1. The van der Waals surface area contributed by atoms with Crippen LogP contribution in [0.5, 0.6) is 0 Å². The van der Waals surface area contributed by atoms with Crippen LogP contribution in [0, 0.1) is 6.92 Å². The Morgan fingerprint density at radius 3 is 2.52 bits per heavy atom. The third kappa shape index (κ3) is 4.68. The van der Waals surface area contributed by atoms with E-state index in [9.17, 15) is 18.0 Å². The van der Waals surface area contributed by atoms with Crippen LogP contribution in [-0.2, 0) is 6.18 Å². The van der Waals surface area contributed by atoms with Crippen LogP contribution in [-0.4, -0.2) is 33.9 Å². The van der Waals surface area contributed by atoms with E-state index >= 15 is 0 Å². The van der Waals surface area contributed by atoms with Gasteiger partial charge >= 0.3 is 6.18 Å². The molecule has 5 nitrogen and oxygen atoms in total. The van der Waals surface area contributed by atoms with Crippen molar-refractivity contribution < 1.29 is 18.0 Å². The number of rotatable bonds is 3. The summed E-state index contributed by atoms with van der Waals surface area (Å²) in [4.78, 5) is 22.7. The average Bonchev–Trinajstić information content (AvgIpc) is 2.62. The van der Waals surface area contributed by atoms with Crippen molar-refractivity contribution in [2.45, 2.75) is 32.4 Å². The number of likely N-dealkylation sites (tertiary alicyclic amines) is 1. The molecule has 9 heteroatoms. The van der Waals surface area contributed by atoms with Gasteiger partial charge in [0.05, 0.1) is 16.3 Å². The van der Waals surface area contributed by atoms with Gasteiger partial charge in [0.2, 0.25) is 5.95 Å². The summed E-state index contributed by atoms with van der Waals surface area (Å²) in [5.74, 6) is -0.185. The summed E-state index contributed by atoms with van der Waals surface area (Å²) in [6.07, 6.45) is -1.52. The molecule has 27 heavy (non-hydrogen) atoms. The van der Waals surface area contributed by atoms with E-state index in [2.05, 4.69) is 15.3 Å². The summed E-state index contributed by atoms with van der Waals surface area (Å²) in [7, 11) is 0. The Kier molecular flexibility index (Phi) is 5.55. The molecule has 0 bridgehead atoms. The second-order valence-corrected chi connectivity index (χ2v) is 6.80. The highest BCUT2D eigenvalue weighted by atomic mass is 35.5. The SMILES string of the molecule is Cc1cc(C(=O)N2CCCCC2)nc(Nc2cc(C(F)(F)F)ccc2Cl)n1. The Bertz CT molecular complexity index is 851. The molecule has 3 rings (SSSR count). The number of nitrogens with zero attached hydrogens (tertiary/aromatic N) is 3. The van der Waals surface area contributed by atoms with Crippen LogP contribution in [0.25, 0.3) is 0 Å². The number of hydrogen-bond acceptors (Lipinski definition) is 4. The molecule has 0 atom stereocenters. The van der Waals surface area contributed by atoms with E-state index < -0.39 is 11.7 Å². The summed E-state index contributed by atoms with van der Waals surface area (Å²) in [5.41, 5.74) is -0.0916. The van der Waals surface area contributed by atoms with Gasteiger partial charge in [-0.2, -0.15) is 13.2 Å². The van der Waals surface area contributed by atoms with Crippen LogP contribution >= 0.6 is 11.6 Å². The molecule has 1 aromatic heterocycles. The minimum atomic E-state index is -4.50. The van der Waals surface area contributed by atoms with Gasteiger partial charge in [-0.15, -0.1) is 0 Å². The number of aryl methyl sites for hydroxylation is 1. The fourth-order valence-corrected chi connectivity index (χ4v) is 3.08. The molecule has 1 aliphatic heterocycles. The third-order valence-electron chi connectivity index (χ3n) is 4.26. The number of alkyl halides is 3. The molecule has 0 saturated carbocycles. The van der Waals surface area contributed by atoms with Crippen LogP contribution < -0.4 is 5.32 Å². The predicted molar refractivity (Wildman–Crippen MR) is 96.3 cm³/mol. The van der Waals surface area contributed by atoms with E-state index in [4.69, 9.17) is 11.6 Å².